The quantitative estimate of drug-likeness (QED) is 0.791. The summed E-state index contributed by atoms with van der Waals surface area (Å²) in [5, 5.41) is 3.91. The minimum Gasteiger partial charge on any atom is -0.378 e. The summed E-state index contributed by atoms with van der Waals surface area (Å²) in [6, 6.07) is 3.44. The highest BCUT2D eigenvalue weighted by atomic mass is 32.1. The van der Waals surface area contributed by atoms with Gasteiger partial charge in [0.15, 0.2) is 0 Å². The lowest BCUT2D eigenvalue weighted by Gasteiger charge is -2.02. The van der Waals surface area contributed by atoms with Gasteiger partial charge in [-0.3, -0.25) is 0 Å². The molecule has 114 valence electrons. The predicted octanol–water partition coefficient (Wildman–Crippen LogP) is 3.73. The van der Waals surface area contributed by atoms with Crippen LogP contribution in [0.25, 0.3) is 10.6 Å². The Morgan fingerprint density at radius 3 is 2.57 bits per heavy atom. The molecule has 0 bridgehead atoms. The summed E-state index contributed by atoms with van der Waals surface area (Å²) in [4.78, 5) is 5.48. The molecule has 0 amide bonds. The Labute approximate surface area is 127 Å². The van der Waals surface area contributed by atoms with Gasteiger partial charge in [-0.05, 0) is 25.1 Å². The first-order chi connectivity index (χ1) is 10.1. The van der Waals surface area contributed by atoms with E-state index in [4.69, 9.17) is 4.74 Å². The van der Waals surface area contributed by atoms with E-state index < -0.39 is 11.6 Å². The second-order valence-electron chi connectivity index (χ2n) is 4.66. The Morgan fingerprint density at radius 2 is 1.95 bits per heavy atom. The lowest BCUT2D eigenvalue weighted by Crippen LogP contribution is -2.14. The van der Waals surface area contributed by atoms with Gasteiger partial charge in [-0.15, -0.1) is 11.3 Å². The molecular weight excluding hydrogens is 294 g/mol. The standard InChI is InChI=1S/C15H18F2N2OS/c1-3-4-18-8-14-13(9-20-2)19-15(21-14)10-5-11(16)7-12(17)6-10/h5-7,18H,3-4,8-9H2,1-2H3. The van der Waals surface area contributed by atoms with Crippen molar-refractivity contribution in [3.63, 3.8) is 0 Å². The van der Waals surface area contributed by atoms with Gasteiger partial charge >= 0.3 is 0 Å². The molecule has 0 radical (unpaired) electrons. The molecule has 1 N–H and O–H groups in total. The zero-order valence-corrected chi connectivity index (χ0v) is 12.9. The number of methoxy groups -OCH3 is 1. The van der Waals surface area contributed by atoms with Gasteiger partial charge in [0.1, 0.15) is 16.6 Å². The molecule has 0 saturated heterocycles. The average molecular weight is 312 g/mol. The van der Waals surface area contributed by atoms with E-state index in [1.165, 1.54) is 23.5 Å². The number of benzene rings is 1. The van der Waals surface area contributed by atoms with Crippen molar-refractivity contribution in [1.82, 2.24) is 10.3 Å². The Kier molecular flexibility index (Phi) is 5.78. The van der Waals surface area contributed by atoms with Crippen LogP contribution >= 0.6 is 11.3 Å². The molecule has 0 fully saturated rings. The molecule has 3 nitrogen and oxygen atoms in total. The Balaban J connectivity index is 2.29. The van der Waals surface area contributed by atoms with E-state index in [1.54, 1.807) is 7.11 Å². The molecule has 21 heavy (non-hydrogen) atoms. The fourth-order valence-electron chi connectivity index (χ4n) is 1.95. The van der Waals surface area contributed by atoms with E-state index >= 15 is 0 Å². The van der Waals surface area contributed by atoms with Gasteiger partial charge in [-0.25, -0.2) is 13.8 Å². The summed E-state index contributed by atoms with van der Waals surface area (Å²) in [6.45, 7) is 4.07. The molecule has 1 aromatic carbocycles. The molecular formula is C15H18F2N2OS. The maximum atomic E-state index is 13.3. The lowest BCUT2D eigenvalue weighted by molar-refractivity contribution is 0.181. The van der Waals surface area contributed by atoms with E-state index in [0.717, 1.165) is 29.6 Å². The summed E-state index contributed by atoms with van der Waals surface area (Å²) in [5.74, 6) is -1.20. The number of rotatable bonds is 7. The van der Waals surface area contributed by atoms with Crippen LogP contribution in [-0.2, 0) is 17.9 Å². The zero-order valence-electron chi connectivity index (χ0n) is 12.1. The van der Waals surface area contributed by atoms with Crippen molar-refractivity contribution in [1.29, 1.82) is 0 Å². The minimum atomic E-state index is -0.598. The highest BCUT2D eigenvalue weighted by molar-refractivity contribution is 7.15. The summed E-state index contributed by atoms with van der Waals surface area (Å²) in [5.41, 5.74) is 1.27. The monoisotopic (exact) mass is 312 g/mol. The molecule has 0 aliphatic rings. The molecule has 2 aromatic rings. The predicted molar refractivity (Wildman–Crippen MR) is 80.2 cm³/mol. The van der Waals surface area contributed by atoms with Crippen molar-refractivity contribution >= 4 is 11.3 Å². The smallest absolute Gasteiger partial charge is 0.126 e. The number of nitrogens with zero attached hydrogens (tertiary/aromatic N) is 1. The normalized spacial score (nSPS) is 11.0. The van der Waals surface area contributed by atoms with Crippen molar-refractivity contribution in [3.8, 4) is 10.6 Å². The Bertz CT molecular complexity index is 581. The van der Waals surface area contributed by atoms with E-state index in [0.29, 0.717) is 23.7 Å². The largest absolute Gasteiger partial charge is 0.378 e. The van der Waals surface area contributed by atoms with E-state index in [-0.39, 0.29) is 0 Å². The van der Waals surface area contributed by atoms with Crippen molar-refractivity contribution in [3.05, 3.63) is 40.4 Å². The van der Waals surface area contributed by atoms with Crippen molar-refractivity contribution in [2.45, 2.75) is 26.5 Å². The van der Waals surface area contributed by atoms with Crippen molar-refractivity contribution in [2.75, 3.05) is 13.7 Å². The summed E-state index contributed by atoms with van der Waals surface area (Å²) >= 11 is 1.43. The van der Waals surface area contributed by atoms with Crippen LogP contribution in [0.2, 0.25) is 0 Å². The van der Waals surface area contributed by atoms with E-state index in [1.807, 2.05) is 0 Å². The number of hydrogen-bond donors (Lipinski definition) is 1. The third-order valence-corrected chi connectivity index (χ3v) is 4.03. The van der Waals surface area contributed by atoms with Crippen LogP contribution in [0.15, 0.2) is 18.2 Å². The van der Waals surface area contributed by atoms with Crippen LogP contribution in [0.3, 0.4) is 0 Å². The fourth-order valence-corrected chi connectivity index (χ4v) is 2.97. The summed E-state index contributed by atoms with van der Waals surface area (Å²) < 4.78 is 31.8. The Morgan fingerprint density at radius 1 is 1.24 bits per heavy atom. The zero-order chi connectivity index (χ0) is 15.2. The van der Waals surface area contributed by atoms with Crippen molar-refractivity contribution in [2.24, 2.45) is 0 Å². The van der Waals surface area contributed by atoms with Gasteiger partial charge in [0.05, 0.1) is 12.3 Å². The van der Waals surface area contributed by atoms with Gasteiger partial charge in [0.2, 0.25) is 0 Å². The second kappa shape index (κ2) is 7.59. The van der Waals surface area contributed by atoms with Crippen LogP contribution in [0, 0.1) is 11.6 Å². The molecule has 2 rings (SSSR count). The van der Waals surface area contributed by atoms with Gasteiger partial charge in [-0.2, -0.15) is 0 Å². The Hall–Kier alpha value is -1.37. The van der Waals surface area contributed by atoms with Crippen LogP contribution in [0.4, 0.5) is 8.78 Å². The third kappa shape index (κ3) is 4.30. The third-order valence-electron chi connectivity index (χ3n) is 2.88. The SMILES string of the molecule is CCCNCc1sc(-c2cc(F)cc(F)c2)nc1COC. The summed E-state index contributed by atoms with van der Waals surface area (Å²) in [7, 11) is 1.60. The number of aromatic nitrogens is 1. The topological polar surface area (TPSA) is 34.2 Å². The molecule has 1 aromatic heterocycles. The first-order valence-electron chi connectivity index (χ1n) is 6.78. The molecule has 0 saturated carbocycles. The molecule has 0 unspecified atom stereocenters. The number of ether oxygens (including phenoxy) is 1. The van der Waals surface area contributed by atoms with Crippen LogP contribution < -0.4 is 5.32 Å². The number of nitrogens with one attached hydrogen (secondary N) is 1. The highest BCUT2D eigenvalue weighted by Gasteiger charge is 2.13. The van der Waals surface area contributed by atoms with Crippen LogP contribution in [0.1, 0.15) is 23.9 Å². The van der Waals surface area contributed by atoms with E-state index in [9.17, 15) is 8.78 Å². The van der Waals surface area contributed by atoms with Crippen LogP contribution in [-0.4, -0.2) is 18.6 Å². The number of hydrogen-bond acceptors (Lipinski definition) is 4. The maximum absolute atomic E-state index is 13.3. The van der Waals surface area contributed by atoms with Gasteiger partial charge in [0.25, 0.3) is 0 Å². The average Bonchev–Trinajstić information content (AvgIpc) is 2.82. The maximum Gasteiger partial charge on any atom is 0.126 e. The first-order valence-corrected chi connectivity index (χ1v) is 7.60. The van der Waals surface area contributed by atoms with Crippen molar-refractivity contribution < 1.29 is 13.5 Å². The van der Waals surface area contributed by atoms with E-state index in [2.05, 4.69) is 17.2 Å². The van der Waals surface area contributed by atoms with Gasteiger partial charge in [-0.1, -0.05) is 6.92 Å². The van der Waals surface area contributed by atoms with Gasteiger partial charge in [0, 0.05) is 30.2 Å². The molecule has 0 aliphatic carbocycles. The summed E-state index contributed by atoms with van der Waals surface area (Å²) in [6.07, 6.45) is 1.04. The molecule has 1 heterocycles. The molecule has 0 spiro atoms. The minimum absolute atomic E-state index is 0.386. The lowest BCUT2D eigenvalue weighted by atomic mass is 10.2. The van der Waals surface area contributed by atoms with Gasteiger partial charge < -0.3 is 10.1 Å². The first kappa shape index (κ1) is 16.0. The van der Waals surface area contributed by atoms with Crippen LogP contribution in [0.5, 0.6) is 0 Å². The molecule has 0 aliphatic heterocycles. The number of thiazole rings is 1. The molecule has 0 atom stereocenters. The number of halogens is 2. The highest BCUT2D eigenvalue weighted by Crippen LogP contribution is 2.29. The second-order valence-corrected chi connectivity index (χ2v) is 5.74. The fraction of sp³-hybridized carbons (Fsp3) is 0.400. The molecule has 6 heteroatoms.